The molecule has 3 fully saturated rings. The van der Waals surface area contributed by atoms with Gasteiger partial charge in [0.15, 0.2) is 0 Å². The van der Waals surface area contributed by atoms with Gasteiger partial charge in [-0.1, -0.05) is 53.4 Å². The standard InChI is InChI=1S/C33H61N5O9S/c1-7-11-21-38(22-12-8-2,23-13-9-3)27(14-10-4)24-33(5,6)37(46-28-17-19-34(20-18-28)32(41)42)30(39)29-16-15-26-25-35(29)31(40)36(26)47-48(43,44)45/h26-29H,7-25H2,1-6H3,(H-,41,42,43,44,45)/t26-,27?,29+/m1/s1. The molecule has 15 heteroatoms. The third kappa shape index (κ3) is 10.2. The topological polar surface area (TPSA) is 160 Å². The fourth-order valence-electron chi connectivity index (χ4n) is 7.87. The Bertz CT molecular complexity index is 1160. The fourth-order valence-corrected chi connectivity index (χ4v) is 8.26. The number of likely N-dealkylation sites (tertiary alicyclic amines) is 1. The van der Waals surface area contributed by atoms with E-state index in [0.29, 0.717) is 30.7 Å². The molecule has 0 aliphatic carbocycles. The molecule has 3 saturated heterocycles. The third-order valence-electron chi connectivity index (χ3n) is 10.5. The van der Waals surface area contributed by atoms with Gasteiger partial charge in [0.2, 0.25) is 0 Å². The molecule has 48 heavy (non-hydrogen) atoms. The van der Waals surface area contributed by atoms with Gasteiger partial charge in [0, 0.05) is 26.1 Å². The van der Waals surface area contributed by atoms with Crippen LogP contribution in [-0.4, -0.2) is 124 Å². The monoisotopic (exact) mass is 703 g/mol. The molecule has 3 heterocycles. The van der Waals surface area contributed by atoms with Crippen LogP contribution in [0.3, 0.4) is 0 Å². The number of urea groups is 1. The van der Waals surface area contributed by atoms with E-state index in [1.54, 1.807) is 0 Å². The number of rotatable bonds is 20. The second-order valence-electron chi connectivity index (χ2n) is 14.6. The van der Waals surface area contributed by atoms with Crippen molar-refractivity contribution >= 4 is 28.4 Å². The van der Waals surface area contributed by atoms with Gasteiger partial charge in [-0.3, -0.25) is 14.2 Å². The summed E-state index contributed by atoms with van der Waals surface area (Å²) in [6, 6.07) is -2.08. The van der Waals surface area contributed by atoms with Crippen molar-refractivity contribution in [3.05, 3.63) is 0 Å². The first-order chi connectivity index (χ1) is 22.6. The van der Waals surface area contributed by atoms with Gasteiger partial charge in [-0.2, -0.15) is 13.5 Å². The molecule has 0 aromatic carbocycles. The number of piperidine rings is 2. The molecule has 278 valence electrons. The summed E-state index contributed by atoms with van der Waals surface area (Å²) in [6.45, 7) is 16.7. The summed E-state index contributed by atoms with van der Waals surface area (Å²) >= 11 is 0. The van der Waals surface area contributed by atoms with Crippen LogP contribution in [0.2, 0.25) is 0 Å². The number of nitrogens with zero attached hydrogens (tertiary/aromatic N) is 5. The molecule has 0 spiro atoms. The number of unbranched alkanes of at least 4 members (excludes halogenated alkanes) is 3. The Morgan fingerprint density at radius 2 is 1.54 bits per heavy atom. The lowest BCUT2D eigenvalue weighted by molar-refractivity contribution is -0.953. The molecule has 3 atom stereocenters. The van der Waals surface area contributed by atoms with E-state index >= 15 is 0 Å². The molecule has 3 aliphatic rings. The van der Waals surface area contributed by atoms with Crippen LogP contribution in [-0.2, 0) is 24.3 Å². The van der Waals surface area contributed by atoms with Crippen molar-refractivity contribution < 1.29 is 46.1 Å². The number of quaternary nitrogens is 1. The highest BCUT2D eigenvalue weighted by atomic mass is 32.3. The molecular formula is C33H61N5O9S. The highest BCUT2D eigenvalue weighted by Gasteiger charge is 2.52. The minimum atomic E-state index is -4.93. The number of carbonyl (C=O) groups is 3. The van der Waals surface area contributed by atoms with E-state index in [1.165, 1.54) is 14.9 Å². The van der Waals surface area contributed by atoms with Crippen molar-refractivity contribution in [1.82, 2.24) is 19.9 Å². The summed E-state index contributed by atoms with van der Waals surface area (Å²) in [5.41, 5.74) is -0.805. The van der Waals surface area contributed by atoms with E-state index in [-0.39, 0.29) is 32.1 Å². The van der Waals surface area contributed by atoms with Crippen molar-refractivity contribution in [1.29, 1.82) is 0 Å². The summed E-state index contributed by atoms with van der Waals surface area (Å²) in [6.07, 6.45) is 9.01. The van der Waals surface area contributed by atoms with Gasteiger partial charge in [-0.15, -0.1) is 4.28 Å². The Morgan fingerprint density at radius 3 is 2.02 bits per heavy atom. The van der Waals surface area contributed by atoms with Crippen molar-refractivity contribution in [3.63, 3.8) is 0 Å². The Hall–Kier alpha value is -2.20. The van der Waals surface area contributed by atoms with Gasteiger partial charge in [-0.25, -0.2) is 9.86 Å². The number of amides is 4. The maximum Gasteiger partial charge on any atom is 0.418 e. The molecule has 3 rings (SSSR count). The molecule has 2 bridgehead atoms. The van der Waals surface area contributed by atoms with Crippen LogP contribution in [0.1, 0.15) is 125 Å². The van der Waals surface area contributed by atoms with Crippen LogP contribution in [0.5, 0.6) is 0 Å². The average Bonchev–Trinajstić information content (AvgIpc) is 3.26. The Kier molecular flexibility index (Phi) is 14.8. The van der Waals surface area contributed by atoms with E-state index in [1.807, 2.05) is 13.8 Å². The van der Waals surface area contributed by atoms with Crippen molar-refractivity contribution in [2.75, 3.05) is 39.3 Å². The minimum absolute atomic E-state index is 0.0759. The SMILES string of the molecule is CCCC[N+](CCCC)(CCCC)C(CCC)CC(C)(C)N(OC1CCN(C(=O)[O-])CC1)C(=O)[C@@H]1CC[C@@H]2CN1C(=O)N2OS(=O)(=O)O. The van der Waals surface area contributed by atoms with E-state index in [0.717, 1.165) is 75.5 Å². The normalized spacial score (nSPS) is 21.6. The maximum absolute atomic E-state index is 14.7. The molecule has 1 N–H and O–H groups in total. The molecule has 0 aromatic heterocycles. The van der Waals surface area contributed by atoms with Crippen molar-refractivity contribution in [2.45, 2.75) is 155 Å². The number of hydroxylamine groups is 4. The second-order valence-corrected chi connectivity index (χ2v) is 15.6. The summed E-state index contributed by atoms with van der Waals surface area (Å²) in [4.78, 5) is 48.6. The van der Waals surface area contributed by atoms with Crippen LogP contribution >= 0.6 is 0 Å². The highest BCUT2D eigenvalue weighted by molar-refractivity contribution is 7.80. The van der Waals surface area contributed by atoms with E-state index in [4.69, 9.17) is 4.84 Å². The zero-order chi connectivity index (χ0) is 35.7. The van der Waals surface area contributed by atoms with E-state index in [9.17, 15) is 32.5 Å². The fraction of sp³-hybridized carbons (Fsp3) is 0.909. The first kappa shape index (κ1) is 40.2. The second kappa shape index (κ2) is 17.6. The molecule has 0 aromatic rings. The van der Waals surface area contributed by atoms with Crippen LogP contribution in [0.15, 0.2) is 0 Å². The van der Waals surface area contributed by atoms with Crippen molar-refractivity contribution in [3.8, 4) is 0 Å². The van der Waals surface area contributed by atoms with Gasteiger partial charge < -0.3 is 24.2 Å². The largest absolute Gasteiger partial charge is 0.530 e. The van der Waals surface area contributed by atoms with Crippen LogP contribution in [0, 0.1) is 0 Å². The van der Waals surface area contributed by atoms with Crippen LogP contribution < -0.4 is 5.11 Å². The first-order valence-corrected chi connectivity index (χ1v) is 19.6. The zero-order valence-electron chi connectivity index (χ0n) is 30.1. The highest BCUT2D eigenvalue weighted by Crippen LogP contribution is 2.37. The van der Waals surface area contributed by atoms with Crippen LogP contribution in [0.4, 0.5) is 9.59 Å². The number of fused-ring (bicyclic) bond motifs is 2. The molecule has 0 radical (unpaired) electrons. The van der Waals surface area contributed by atoms with Gasteiger partial charge in [0.1, 0.15) is 12.1 Å². The van der Waals surface area contributed by atoms with Gasteiger partial charge in [-0.05, 0) is 65.2 Å². The molecule has 0 saturated carbocycles. The smallest absolute Gasteiger partial charge is 0.418 e. The summed E-state index contributed by atoms with van der Waals surface area (Å²) < 4.78 is 37.8. The lowest BCUT2D eigenvalue weighted by atomic mass is 9.87. The quantitative estimate of drug-likeness (QED) is 0.112. The molecule has 4 amide bonds. The summed E-state index contributed by atoms with van der Waals surface area (Å²) in [7, 11) is -4.93. The molecule has 3 aliphatic heterocycles. The summed E-state index contributed by atoms with van der Waals surface area (Å²) in [5, 5.41) is 13.6. The first-order valence-electron chi connectivity index (χ1n) is 18.2. The molecule has 1 unspecified atom stereocenters. The lowest BCUT2D eigenvalue weighted by Crippen LogP contribution is -2.63. The number of hydrogen-bond acceptors (Lipinski definition) is 8. The molecule has 14 nitrogen and oxygen atoms in total. The minimum Gasteiger partial charge on any atom is -0.530 e. The molecular weight excluding hydrogens is 642 g/mol. The average molecular weight is 704 g/mol. The number of carbonyl (C=O) groups excluding carboxylic acids is 3. The van der Waals surface area contributed by atoms with Gasteiger partial charge in [0.25, 0.3) is 5.91 Å². The summed E-state index contributed by atoms with van der Waals surface area (Å²) in [5.74, 6) is -0.396. The Labute approximate surface area is 288 Å². The maximum atomic E-state index is 14.7. The van der Waals surface area contributed by atoms with E-state index < -0.39 is 52.2 Å². The Balaban J connectivity index is 1.98. The predicted molar refractivity (Wildman–Crippen MR) is 178 cm³/mol. The third-order valence-corrected chi connectivity index (χ3v) is 10.8. The lowest BCUT2D eigenvalue weighted by Gasteiger charge is -2.50. The predicted octanol–water partition coefficient (Wildman–Crippen LogP) is 4.11. The Morgan fingerprint density at radius 1 is 0.979 bits per heavy atom. The number of hydrogen-bond donors (Lipinski definition) is 1. The van der Waals surface area contributed by atoms with Crippen molar-refractivity contribution in [2.24, 2.45) is 0 Å². The zero-order valence-corrected chi connectivity index (χ0v) is 30.9. The van der Waals surface area contributed by atoms with Gasteiger partial charge in [0.05, 0.1) is 43.4 Å². The van der Waals surface area contributed by atoms with E-state index in [2.05, 4.69) is 32.0 Å². The number of carboxylic acid groups (broad SMARTS) is 1. The van der Waals surface area contributed by atoms with Crippen LogP contribution in [0.25, 0.3) is 0 Å². The van der Waals surface area contributed by atoms with Gasteiger partial charge >= 0.3 is 16.4 Å².